The summed E-state index contributed by atoms with van der Waals surface area (Å²) in [4.78, 5) is 25.0. The highest BCUT2D eigenvalue weighted by atomic mass is 16.5. The Balaban J connectivity index is 2.25. The first-order valence-corrected chi connectivity index (χ1v) is 6.66. The molecule has 0 aliphatic carbocycles. The lowest BCUT2D eigenvalue weighted by Gasteiger charge is -2.27. The summed E-state index contributed by atoms with van der Waals surface area (Å²) in [5.74, 6) is -1.42. The lowest BCUT2D eigenvalue weighted by Crippen LogP contribution is -2.41. The fourth-order valence-electron chi connectivity index (χ4n) is 2.20. The van der Waals surface area contributed by atoms with E-state index in [9.17, 15) is 14.7 Å². The Morgan fingerprint density at radius 2 is 2.00 bits per heavy atom. The molecule has 4 N–H and O–H groups in total. The molecule has 1 fully saturated rings. The van der Waals surface area contributed by atoms with E-state index in [1.807, 2.05) is 0 Å². The normalized spacial score (nSPS) is 16.5. The van der Waals surface area contributed by atoms with Gasteiger partial charge in [0.05, 0.1) is 13.2 Å². The van der Waals surface area contributed by atoms with Crippen molar-refractivity contribution in [2.45, 2.75) is 12.5 Å². The molecule has 2 rings (SSSR count). The first kappa shape index (κ1) is 15.3. The zero-order valence-corrected chi connectivity index (χ0v) is 11.5. The van der Waals surface area contributed by atoms with Crippen molar-refractivity contribution in [3.8, 4) is 5.75 Å². The average molecular weight is 294 g/mol. The third-order valence-electron chi connectivity index (χ3n) is 3.38. The van der Waals surface area contributed by atoms with Gasteiger partial charge in [0.25, 0.3) is 5.91 Å². The van der Waals surface area contributed by atoms with Gasteiger partial charge in [-0.1, -0.05) is 6.07 Å². The SMILES string of the molecule is NC(Cc1ccc(O)cc1C(=O)N1CCOCC1)C(=O)O. The highest BCUT2D eigenvalue weighted by molar-refractivity contribution is 5.96. The number of hydrogen-bond donors (Lipinski definition) is 3. The number of hydrogen-bond acceptors (Lipinski definition) is 5. The highest BCUT2D eigenvalue weighted by Gasteiger charge is 2.23. The number of benzene rings is 1. The first-order valence-electron chi connectivity index (χ1n) is 6.66. The topological polar surface area (TPSA) is 113 Å². The summed E-state index contributed by atoms with van der Waals surface area (Å²) in [7, 11) is 0. The largest absolute Gasteiger partial charge is 0.508 e. The van der Waals surface area contributed by atoms with E-state index >= 15 is 0 Å². The molecule has 1 aromatic carbocycles. The van der Waals surface area contributed by atoms with E-state index < -0.39 is 12.0 Å². The van der Waals surface area contributed by atoms with E-state index in [-0.39, 0.29) is 23.6 Å². The van der Waals surface area contributed by atoms with Crippen molar-refractivity contribution < 1.29 is 24.5 Å². The number of carbonyl (C=O) groups is 2. The number of carboxylic acid groups (broad SMARTS) is 1. The minimum Gasteiger partial charge on any atom is -0.508 e. The van der Waals surface area contributed by atoms with Gasteiger partial charge in [-0.05, 0) is 24.1 Å². The van der Waals surface area contributed by atoms with Crippen LogP contribution in [-0.4, -0.2) is 59.3 Å². The summed E-state index contributed by atoms with van der Waals surface area (Å²) in [5, 5.41) is 18.5. The molecule has 0 bridgehead atoms. The molecule has 0 aromatic heterocycles. The van der Waals surface area contributed by atoms with Crippen molar-refractivity contribution in [1.29, 1.82) is 0 Å². The lowest BCUT2D eigenvalue weighted by molar-refractivity contribution is -0.138. The molecule has 0 radical (unpaired) electrons. The summed E-state index contributed by atoms with van der Waals surface area (Å²) in [6, 6.07) is 3.21. The van der Waals surface area contributed by atoms with Crippen LogP contribution in [-0.2, 0) is 16.0 Å². The predicted molar refractivity (Wildman–Crippen MR) is 74.1 cm³/mol. The zero-order chi connectivity index (χ0) is 15.4. The molecule has 0 spiro atoms. The van der Waals surface area contributed by atoms with Crippen molar-refractivity contribution in [2.24, 2.45) is 5.73 Å². The Bertz CT molecular complexity index is 540. The molecule has 7 nitrogen and oxygen atoms in total. The summed E-state index contributed by atoms with van der Waals surface area (Å²) in [5.41, 5.74) is 6.33. The number of phenolic OH excluding ortho intramolecular Hbond substituents is 1. The maximum absolute atomic E-state index is 12.5. The number of amides is 1. The molecule has 1 heterocycles. The fourth-order valence-corrected chi connectivity index (χ4v) is 2.20. The van der Waals surface area contributed by atoms with Crippen molar-refractivity contribution in [3.63, 3.8) is 0 Å². The molecule has 1 aliphatic rings. The minimum absolute atomic E-state index is 0.0288. The maximum Gasteiger partial charge on any atom is 0.320 e. The Kier molecular flexibility index (Phi) is 4.77. The van der Waals surface area contributed by atoms with Gasteiger partial charge in [-0.3, -0.25) is 9.59 Å². The monoisotopic (exact) mass is 294 g/mol. The fraction of sp³-hybridized carbons (Fsp3) is 0.429. The van der Waals surface area contributed by atoms with Crippen molar-refractivity contribution in [2.75, 3.05) is 26.3 Å². The molecule has 1 aromatic rings. The highest BCUT2D eigenvalue weighted by Crippen LogP contribution is 2.20. The van der Waals surface area contributed by atoms with E-state index in [0.717, 1.165) is 0 Å². The van der Waals surface area contributed by atoms with Crippen molar-refractivity contribution >= 4 is 11.9 Å². The maximum atomic E-state index is 12.5. The standard InChI is InChI=1S/C14H18N2O5/c15-12(14(19)20)7-9-1-2-10(17)8-11(9)13(18)16-3-5-21-6-4-16/h1-2,8,12,17H,3-7,15H2,(H,19,20). The molecule has 21 heavy (non-hydrogen) atoms. The van der Waals surface area contributed by atoms with E-state index in [1.165, 1.54) is 18.2 Å². The Morgan fingerprint density at radius 1 is 1.33 bits per heavy atom. The van der Waals surface area contributed by atoms with Crippen LogP contribution < -0.4 is 5.73 Å². The molecular weight excluding hydrogens is 276 g/mol. The van der Waals surface area contributed by atoms with Gasteiger partial charge in [-0.15, -0.1) is 0 Å². The van der Waals surface area contributed by atoms with Crippen LogP contribution in [0.4, 0.5) is 0 Å². The molecule has 1 saturated heterocycles. The van der Waals surface area contributed by atoms with Crippen LogP contribution >= 0.6 is 0 Å². The molecule has 1 amide bonds. The van der Waals surface area contributed by atoms with Crippen LogP contribution in [0, 0.1) is 0 Å². The number of aliphatic carboxylic acids is 1. The van der Waals surface area contributed by atoms with E-state index in [1.54, 1.807) is 4.90 Å². The smallest absolute Gasteiger partial charge is 0.320 e. The van der Waals surface area contributed by atoms with Crippen molar-refractivity contribution in [3.05, 3.63) is 29.3 Å². The second-order valence-electron chi connectivity index (χ2n) is 4.89. The van der Waals surface area contributed by atoms with Gasteiger partial charge in [0.1, 0.15) is 11.8 Å². The molecule has 7 heteroatoms. The number of nitrogens with two attached hydrogens (primary N) is 1. The van der Waals surface area contributed by atoms with Crippen LogP contribution in [0.15, 0.2) is 18.2 Å². The number of carboxylic acids is 1. The number of aromatic hydroxyl groups is 1. The molecular formula is C14H18N2O5. The summed E-state index contributed by atoms with van der Waals surface area (Å²) < 4.78 is 5.19. The van der Waals surface area contributed by atoms with E-state index in [0.29, 0.717) is 31.9 Å². The summed E-state index contributed by atoms with van der Waals surface area (Å²) in [6.45, 7) is 1.88. The second-order valence-corrected chi connectivity index (χ2v) is 4.89. The van der Waals surface area contributed by atoms with Crippen LogP contribution in [0.3, 0.4) is 0 Å². The van der Waals surface area contributed by atoms with Crippen LogP contribution in [0.5, 0.6) is 5.75 Å². The first-order chi connectivity index (χ1) is 9.99. The Labute approximate surface area is 121 Å². The summed E-state index contributed by atoms with van der Waals surface area (Å²) >= 11 is 0. The van der Waals surface area contributed by atoms with Crippen molar-refractivity contribution in [1.82, 2.24) is 4.90 Å². The zero-order valence-electron chi connectivity index (χ0n) is 11.5. The molecule has 1 aliphatic heterocycles. The molecule has 1 unspecified atom stereocenters. The van der Waals surface area contributed by atoms with Crippen LogP contribution in [0.25, 0.3) is 0 Å². The van der Waals surface area contributed by atoms with Gasteiger partial charge in [-0.25, -0.2) is 0 Å². The third-order valence-corrected chi connectivity index (χ3v) is 3.38. The third kappa shape index (κ3) is 3.71. The minimum atomic E-state index is -1.13. The number of morpholine rings is 1. The van der Waals surface area contributed by atoms with Gasteiger partial charge in [0.2, 0.25) is 0 Å². The Hall–Kier alpha value is -2.12. The van der Waals surface area contributed by atoms with Gasteiger partial charge in [0.15, 0.2) is 0 Å². The van der Waals surface area contributed by atoms with E-state index in [2.05, 4.69) is 0 Å². The van der Waals surface area contributed by atoms with Gasteiger partial charge in [-0.2, -0.15) is 0 Å². The van der Waals surface area contributed by atoms with Crippen LogP contribution in [0.1, 0.15) is 15.9 Å². The van der Waals surface area contributed by atoms with Crippen LogP contribution in [0.2, 0.25) is 0 Å². The number of carbonyl (C=O) groups excluding carboxylic acids is 1. The number of nitrogens with zero attached hydrogens (tertiary/aromatic N) is 1. The second kappa shape index (κ2) is 6.55. The van der Waals surface area contributed by atoms with Gasteiger partial charge in [0, 0.05) is 18.7 Å². The average Bonchev–Trinajstić information content (AvgIpc) is 2.49. The van der Waals surface area contributed by atoms with Gasteiger partial charge >= 0.3 is 5.97 Å². The van der Waals surface area contributed by atoms with Gasteiger partial charge < -0.3 is 25.6 Å². The molecule has 1 atom stereocenters. The quantitative estimate of drug-likeness (QED) is 0.710. The summed E-state index contributed by atoms with van der Waals surface area (Å²) in [6.07, 6.45) is 0.0288. The molecule has 114 valence electrons. The number of rotatable bonds is 4. The number of ether oxygens (including phenoxy) is 1. The number of phenols is 1. The van der Waals surface area contributed by atoms with E-state index in [4.69, 9.17) is 15.6 Å². The predicted octanol–water partition coefficient (Wildman–Crippen LogP) is -0.181. The molecule has 0 saturated carbocycles. The lowest BCUT2D eigenvalue weighted by atomic mass is 9.99. The Morgan fingerprint density at radius 3 is 2.62 bits per heavy atom.